The van der Waals surface area contributed by atoms with Gasteiger partial charge in [-0.05, 0) is 32.1 Å². The molecule has 1 aromatic rings. The molecule has 0 aliphatic heterocycles. The monoisotopic (exact) mass is 264 g/mol. The van der Waals surface area contributed by atoms with E-state index in [2.05, 4.69) is 22.5 Å². The fourth-order valence-corrected chi connectivity index (χ4v) is 1.99. The molecule has 0 radical (unpaired) electrons. The Morgan fingerprint density at radius 3 is 2.74 bits per heavy atom. The molecule has 1 aliphatic rings. The first-order valence-corrected chi connectivity index (χ1v) is 6.77. The lowest BCUT2D eigenvalue weighted by Crippen LogP contribution is -2.18. The van der Waals surface area contributed by atoms with Crippen molar-refractivity contribution in [2.75, 3.05) is 17.2 Å². The van der Waals surface area contributed by atoms with Gasteiger partial charge >= 0.3 is 0 Å². The Hall–Kier alpha value is -1.85. The highest BCUT2D eigenvalue weighted by Crippen LogP contribution is 2.34. The van der Waals surface area contributed by atoms with Gasteiger partial charge in [0.2, 0.25) is 0 Å². The minimum Gasteiger partial charge on any atom is -0.370 e. The summed E-state index contributed by atoms with van der Waals surface area (Å²) in [5.74, 6) is 1.81. The highest BCUT2D eigenvalue weighted by Gasteiger charge is 2.28. The molecule has 0 saturated heterocycles. The van der Waals surface area contributed by atoms with E-state index in [1.54, 1.807) is 0 Å². The lowest BCUT2D eigenvalue weighted by Gasteiger charge is -2.14. The van der Waals surface area contributed by atoms with Crippen LogP contribution in [0.5, 0.6) is 0 Å². The van der Waals surface area contributed by atoms with Crippen LogP contribution in [0.4, 0.5) is 17.3 Å². The van der Waals surface area contributed by atoms with Gasteiger partial charge in [-0.1, -0.05) is 6.92 Å². The Bertz CT molecular complexity index is 460. The van der Waals surface area contributed by atoms with Crippen molar-refractivity contribution in [2.24, 2.45) is 5.92 Å². The maximum absolute atomic E-state index is 10.9. The van der Waals surface area contributed by atoms with Crippen molar-refractivity contribution in [3.05, 3.63) is 22.2 Å². The number of hydrogen-bond donors (Lipinski definition) is 2. The van der Waals surface area contributed by atoms with Gasteiger partial charge in [0.15, 0.2) is 0 Å². The molecule has 1 atom stereocenters. The van der Waals surface area contributed by atoms with Crippen LogP contribution < -0.4 is 10.6 Å². The van der Waals surface area contributed by atoms with E-state index in [9.17, 15) is 10.1 Å². The van der Waals surface area contributed by atoms with Gasteiger partial charge in [-0.15, -0.1) is 0 Å². The van der Waals surface area contributed by atoms with Crippen LogP contribution in [0, 0.1) is 16.0 Å². The zero-order valence-corrected chi connectivity index (χ0v) is 11.3. The van der Waals surface area contributed by atoms with E-state index < -0.39 is 0 Å². The van der Waals surface area contributed by atoms with Crippen LogP contribution in [0.15, 0.2) is 12.1 Å². The summed E-state index contributed by atoms with van der Waals surface area (Å²) in [5, 5.41) is 17.3. The Morgan fingerprint density at radius 1 is 1.47 bits per heavy atom. The number of hydrogen-bond acceptors (Lipinski definition) is 5. The largest absolute Gasteiger partial charge is 0.370 e. The predicted molar refractivity (Wildman–Crippen MR) is 75.5 cm³/mol. The molecule has 0 spiro atoms. The van der Waals surface area contributed by atoms with E-state index in [1.165, 1.54) is 25.0 Å². The summed E-state index contributed by atoms with van der Waals surface area (Å²) in [6.07, 6.45) is 3.40. The van der Waals surface area contributed by atoms with Crippen molar-refractivity contribution >= 4 is 17.3 Å². The van der Waals surface area contributed by atoms with E-state index in [0.717, 1.165) is 13.0 Å². The molecular weight excluding hydrogens is 244 g/mol. The summed E-state index contributed by atoms with van der Waals surface area (Å²) in [4.78, 5) is 14.9. The first kappa shape index (κ1) is 13.6. The fourth-order valence-electron chi connectivity index (χ4n) is 1.99. The smallest absolute Gasteiger partial charge is 0.276 e. The molecule has 104 valence electrons. The van der Waals surface area contributed by atoms with Gasteiger partial charge in [-0.25, -0.2) is 4.98 Å². The van der Waals surface area contributed by atoms with Crippen molar-refractivity contribution in [3.8, 4) is 0 Å². The lowest BCUT2D eigenvalue weighted by molar-refractivity contribution is -0.384. The van der Waals surface area contributed by atoms with Crippen LogP contribution in [0.3, 0.4) is 0 Å². The van der Waals surface area contributed by atoms with Crippen molar-refractivity contribution in [2.45, 2.75) is 39.2 Å². The van der Waals surface area contributed by atoms with Crippen molar-refractivity contribution in [3.63, 3.8) is 0 Å². The third-order valence-electron chi connectivity index (χ3n) is 3.28. The second kappa shape index (κ2) is 5.86. The maximum atomic E-state index is 10.9. The minimum atomic E-state index is -0.383. The molecule has 1 aliphatic carbocycles. The molecule has 0 bridgehead atoms. The van der Waals surface area contributed by atoms with Crippen LogP contribution in [0.1, 0.15) is 33.1 Å². The van der Waals surface area contributed by atoms with Gasteiger partial charge in [0.05, 0.1) is 17.1 Å². The number of nitrogens with one attached hydrogen (secondary N) is 2. The first-order valence-electron chi connectivity index (χ1n) is 6.77. The number of nitro groups is 1. The second-order valence-electron chi connectivity index (χ2n) is 5.05. The van der Waals surface area contributed by atoms with E-state index in [-0.39, 0.29) is 10.6 Å². The van der Waals surface area contributed by atoms with Crippen LogP contribution in [-0.4, -0.2) is 22.5 Å². The summed E-state index contributed by atoms with van der Waals surface area (Å²) in [5.41, 5.74) is 0.0686. The van der Waals surface area contributed by atoms with Gasteiger partial charge < -0.3 is 10.6 Å². The Balaban J connectivity index is 2.15. The predicted octanol–water partition coefficient (Wildman–Crippen LogP) is 3.02. The molecule has 0 amide bonds. The number of pyridine rings is 1. The van der Waals surface area contributed by atoms with Crippen LogP contribution in [-0.2, 0) is 0 Å². The van der Waals surface area contributed by atoms with Gasteiger partial charge in [-0.3, -0.25) is 10.1 Å². The molecule has 6 nitrogen and oxygen atoms in total. The number of nitrogens with zero attached hydrogens (tertiary/aromatic N) is 2. The Labute approximate surface area is 112 Å². The summed E-state index contributed by atoms with van der Waals surface area (Å²) >= 11 is 0. The zero-order chi connectivity index (χ0) is 13.8. The molecule has 1 unspecified atom stereocenters. The molecule has 2 rings (SSSR count). The molecular formula is C13H20N4O2. The SMILES string of the molecule is CCCNc1cc([N+](=O)[O-])cc(NC(C)C2CC2)n1. The first-order chi connectivity index (χ1) is 9.10. The Kier molecular flexibility index (Phi) is 4.19. The minimum absolute atomic E-state index is 0.0686. The van der Waals surface area contributed by atoms with Crippen molar-refractivity contribution in [1.29, 1.82) is 0 Å². The van der Waals surface area contributed by atoms with E-state index >= 15 is 0 Å². The third-order valence-corrected chi connectivity index (χ3v) is 3.28. The van der Waals surface area contributed by atoms with E-state index in [0.29, 0.717) is 23.6 Å². The summed E-state index contributed by atoms with van der Waals surface area (Å²) in [6, 6.07) is 3.28. The third kappa shape index (κ3) is 3.81. The maximum Gasteiger partial charge on any atom is 0.276 e. The molecule has 1 fully saturated rings. The molecule has 1 heterocycles. The van der Waals surface area contributed by atoms with E-state index in [1.807, 2.05) is 6.92 Å². The van der Waals surface area contributed by atoms with Crippen LogP contribution in [0.25, 0.3) is 0 Å². The van der Waals surface area contributed by atoms with Gasteiger partial charge in [0.1, 0.15) is 11.6 Å². The van der Waals surface area contributed by atoms with Gasteiger partial charge in [0.25, 0.3) is 5.69 Å². The number of rotatable bonds is 7. The molecule has 6 heteroatoms. The molecule has 0 aromatic carbocycles. The molecule has 1 aromatic heterocycles. The van der Waals surface area contributed by atoms with E-state index in [4.69, 9.17) is 0 Å². The van der Waals surface area contributed by atoms with Crippen LogP contribution >= 0.6 is 0 Å². The second-order valence-corrected chi connectivity index (χ2v) is 5.05. The zero-order valence-electron chi connectivity index (χ0n) is 11.3. The van der Waals surface area contributed by atoms with Crippen LogP contribution in [0.2, 0.25) is 0 Å². The summed E-state index contributed by atoms with van der Waals surface area (Å²) in [6.45, 7) is 4.89. The number of anilines is 2. The lowest BCUT2D eigenvalue weighted by atomic mass is 10.2. The van der Waals surface area contributed by atoms with Gasteiger partial charge in [0, 0.05) is 12.6 Å². The average Bonchev–Trinajstić information content (AvgIpc) is 3.20. The van der Waals surface area contributed by atoms with Gasteiger partial charge in [-0.2, -0.15) is 0 Å². The van der Waals surface area contributed by atoms with Crippen molar-refractivity contribution in [1.82, 2.24) is 4.98 Å². The topological polar surface area (TPSA) is 80.1 Å². The summed E-state index contributed by atoms with van der Waals surface area (Å²) < 4.78 is 0. The van der Waals surface area contributed by atoms with Crippen molar-refractivity contribution < 1.29 is 4.92 Å². The standard InChI is InChI=1S/C13H20N4O2/c1-3-6-14-12-7-11(17(18)19)8-13(16-12)15-9(2)10-4-5-10/h7-10H,3-6H2,1-2H3,(H2,14,15,16). The molecule has 1 saturated carbocycles. The summed E-state index contributed by atoms with van der Waals surface area (Å²) in [7, 11) is 0. The number of aromatic nitrogens is 1. The quantitative estimate of drug-likeness (QED) is 0.584. The Morgan fingerprint density at radius 2 is 2.16 bits per heavy atom. The highest BCUT2D eigenvalue weighted by atomic mass is 16.6. The molecule has 2 N–H and O–H groups in total. The fraction of sp³-hybridized carbons (Fsp3) is 0.615. The molecule has 19 heavy (non-hydrogen) atoms. The highest BCUT2D eigenvalue weighted by molar-refractivity contribution is 5.55. The average molecular weight is 264 g/mol. The normalized spacial score (nSPS) is 15.9.